The van der Waals surface area contributed by atoms with E-state index in [1.165, 1.54) is 6.07 Å². The first-order chi connectivity index (χ1) is 29.2. The third-order valence-corrected chi connectivity index (χ3v) is 11.3. The van der Waals surface area contributed by atoms with E-state index in [9.17, 15) is 29.0 Å². The van der Waals surface area contributed by atoms with Crippen molar-refractivity contribution >= 4 is 43.6 Å². The molecule has 8 heteroatoms. The van der Waals surface area contributed by atoms with E-state index in [2.05, 4.69) is 57.7 Å². The van der Waals surface area contributed by atoms with Crippen molar-refractivity contribution in [2.45, 2.75) is 6.18 Å². The van der Waals surface area contributed by atoms with E-state index in [1.807, 2.05) is 84.9 Å². The fourth-order valence-electron chi connectivity index (χ4n) is 8.43. The summed E-state index contributed by atoms with van der Waals surface area (Å²) in [6.45, 7) is 0. The van der Waals surface area contributed by atoms with E-state index in [0.717, 1.165) is 78.0 Å². The predicted octanol–water partition coefficient (Wildman–Crippen LogP) is 13.5. The third-order valence-electron chi connectivity index (χ3n) is 11.3. The van der Waals surface area contributed by atoms with Gasteiger partial charge in [0.15, 0.2) is 0 Å². The van der Waals surface area contributed by atoms with Gasteiger partial charge in [-0.1, -0.05) is 84.9 Å². The fraction of sp³-hybridized carbons (Fsp3) is 0.0192. The standard InChI is InChI=1S/C52H28F3N5/c53-52(54,55)40-7-5-6-38(24-40)43-28-51(60-47-11-4-2-9-42(47)45-26-37(21-23-49(45)60)35-18-14-33(30-57)15-19-35)50(27-39(43)31-58)59-46-10-3-1-8-41(46)44-25-36(20-22-48(44)59)34-16-12-32(29-56)13-17-34/h1-28H. The number of nitrogens with zero attached hydrogens (tertiary/aromatic N) is 5. The van der Waals surface area contributed by atoms with E-state index in [1.54, 1.807) is 36.4 Å². The quantitative estimate of drug-likeness (QED) is 0.174. The minimum Gasteiger partial charge on any atom is -0.307 e. The molecule has 0 aliphatic rings. The Bertz CT molecular complexity index is 3500. The summed E-state index contributed by atoms with van der Waals surface area (Å²) in [5.41, 5.74) is 9.83. The van der Waals surface area contributed by atoms with Crippen molar-refractivity contribution in [3.05, 3.63) is 192 Å². The molecule has 0 atom stereocenters. The number of alkyl halides is 3. The van der Waals surface area contributed by atoms with Crippen LogP contribution < -0.4 is 0 Å². The summed E-state index contributed by atoms with van der Waals surface area (Å²) < 4.78 is 46.6. The van der Waals surface area contributed by atoms with Gasteiger partial charge in [0.1, 0.15) is 0 Å². The molecule has 8 aromatic carbocycles. The lowest BCUT2D eigenvalue weighted by molar-refractivity contribution is -0.137. The molecule has 0 saturated carbocycles. The van der Waals surface area contributed by atoms with Gasteiger partial charge in [0.2, 0.25) is 0 Å². The Labute approximate surface area is 341 Å². The molecule has 0 radical (unpaired) electrons. The number of hydrogen-bond donors (Lipinski definition) is 0. The highest BCUT2D eigenvalue weighted by molar-refractivity contribution is 6.13. The molecule has 0 fully saturated rings. The lowest BCUT2D eigenvalue weighted by Gasteiger charge is -2.20. The van der Waals surface area contributed by atoms with Crippen molar-refractivity contribution in [1.82, 2.24) is 9.13 Å². The molecule has 2 heterocycles. The Balaban J connectivity index is 1.29. The van der Waals surface area contributed by atoms with Crippen LogP contribution in [-0.4, -0.2) is 9.13 Å². The molecule has 0 bridgehead atoms. The van der Waals surface area contributed by atoms with Gasteiger partial charge in [0, 0.05) is 27.1 Å². The molecule has 60 heavy (non-hydrogen) atoms. The summed E-state index contributed by atoms with van der Waals surface area (Å²) in [4.78, 5) is 0. The van der Waals surface area contributed by atoms with Crippen molar-refractivity contribution in [3.8, 4) is 63.0 Å². The maximum absolute atomic E-state index is 14.1. The molecule has 2 aromatic heterocycles. The van der Waals surface area contributed by atoms with Crippen LogP contribution in [0.3, 0.4) is 0 Å². The zero-order valence-electron chi connectivity index (χ0n) is 31.5. The van der Waals surface area contributed by atoms with Gasteiger partial charge < -0.3 is 9.13 Å². The average Bonchev–Trinajstić information content (AvgIpc) is 3.80. The molecule has 0 unspecified atom stereocenters. The first-order valence-corrected chi connectivity index (χ1v) is 19.1. The molecule has 0 N–H and O–H groups in total. The third kappa shape index (κ3) is 5.85. The highest BCUT2D eigenvalue weighted by Crippen LogP contribution is 2.43. The summed E-state index contributed by atoms with van der Waals surface area (Å²) in [5.74, 6) is 0. The minimum atomic E-state index is -4.58. The molecular weight excluding hydrogens is 752 g/mol. The van der Waals surface area contributed by atoms with Crippen molar-refractivity contribution in [2.24, 2.45) is 0 Å². The smallest absolute Gasteiger partial charge is 0.307 e. The van der Waals surface area contributed by atoms with Gasteiger partial charge in [0.25, 0.3) is 0 Å². The van der Waals surface area contributed by atoms with Crippen LogP contribution in [0.25, 0.3) is 88.4 Å². The summed E-state index contributed by atoms with van der Waals surface area (Å²) in [5, 5.41) is 33.4. The highest BCUT2D eigenvalue weighted by atomic mass is 19.4. The van der Waals surface area contributed by atoms with Gasteiger partial charge in [-0.2, -0.15) is 29.0 Å². The summed E-state index contributed by atoms with van der Waals surface area (Å²) in [6, 6.07) is 58.8. The molecule has 0 aliphatic heterocycles. The van der Waals surface area contributed by atoms with Crippen LogP contribution in [0, 0.1) is 34.0 Å². The Morgan fingerprint density at radius 2 is 0.850 bits per heavy atom. The lowest BCUT2D eigenvalue weighted by Crippen LogP contribution is -2.06. The van der Waals surface area contributed by atoms with Crippen LogP contribution >= 0.6 is 0 Å². The summed E-state index contributed by atoms with van der Waals surface area (Å²) >= 11 is 0. The van der Waals surface area contributed by atoms with Crippen LogP contribution in [-0.2, 0) is 6.18 Å². The topological polar surface area (TPSA) is 81.2 Å². The number of benzene rings is 8. The number of aromatic nitrogens is 2. The molecule has 0 saturated heterocycles. The largest absolute Gasteiger partial charge is 0.416 e. The Morgan fingerprint density at radius 1 is 0.383 bits per heavy atom. The van der Waals surface area contributed by atoms with Gasteiger partial charge in [-0.05, 0) is 113 Å². The molecule has 5 nitrogen and oxygen atoms in total. The van der Waals surface area contributed by atoms with E-state index >= 15 is 0 Å². The van der Waals surface area contributed by atoms with Crippen molar-refractivity contribution in [1.29, 1.82) is 15.8 Å². The van der Waals surface area contributed by atoms with Gasteiger partial charge >= 0.3 is 6.18 Å². The molecular formula is C52H28F3N5. The Kier molecular flexibility index (Phi) is 8.35. The molecule has 10 aromatic rings. The van der Waals surface area contributed by atoms with Crippen LogP contribution in [0.5, 0.6) is 0 Å². The second-order valence-electron chi connectivity index (χ2n) is 14.6. The molecule has 282 valence electrons. The predicted molar refractivity (Wildman–Crippen MR) is 231 cm³/mol. The van der Waals surface area contributed by atoms with E-state index in [4.69, 9.17) is 0 Å². The van der Waals surface area contributed by atoms with E-state index < -0.39 is 11.7 Å². The number of nitriles is 3. The first kappa shape index (κ1) is 36.0. The second kappa shape index (κ2) is 13.9. The van der Waals surface area contributed by atoms with Crippen molar-refractivity contribution < 1.29 is 13.2 Å². The normalized spacial score (nSPS) is 11.5. The fourth-order valence-corrected chi connectivity index (χ4v) is 8.43. The van der Waals surface area contributed by atoms with Gasteiger partial charge in [-0.3, -0.25) is 0 Å². The van der Waals surface area contributed by atoms with Crippen LogP contribution in [0.1, 0.15) is 22.3 Å². The average molecular weight is 780 g/mol. The van der Waals surface area contributed by atoms with Crippen molar-refractivity contribution in [2.75, 3.05) is 0 Å². The monoisotopic (exact) mass is 779 g/mol. The van der Waals surface area contributed by atoms with Crippen LogP contribution in [0.2, 0.25) is 0 Å². The lowest BCUT2D eigenvalue weighted by atomic mass is 9.96. The number of fused-ring (bicyclic) bond motifs is 6. The minimum absolute atomic E-state index is 0.220. The number of halogens is 3. The summed E-state index contributed by atoms with van der Waals surface area (Å²) in [7, 11) is 0. The van der Waals surface area contributed by atoms with Crippen LogP contribution in [0.15, 0.2) is 170 Å². The molecule has 0 amide bonds. The molecule has 10 rings (SSSR count). The number of hydrogen-bond acceptors (Lipinski definition) is 3. The van der Waals surface area contributed by atoms with Crippen LogP contribution in [0.4, 0.5) is 13.2 Å². The zero-order valence-corrected chi connectivity index (χ0v) is 31.5. The maximum Gasteiger partial charge on any atom is 0.416 e. The van der Waals surface area contributed by atoms with E-state index in [-0.39, 0.29) is 11.1 Å². The maximum atomic E-state index is 14.1. The van der Waals surface area contributed by atoms with Crippen molar-refractivity contribution in [3.63, 3.8) is 0 Å². The van der Waals surface area contributed by atoms with Gasteiger partial charge in [0.05, 0.1) is 73.9 Å². The van der Waals surface area contributed by atoms with E-state index in [0.29, 0.717) is 28.1 Å². The Morgan fingerprint density at radius 3 is 1.33 bits per heavy atom. The summed E-state index contributed by atoms with van der Waals surface area (Å²) in [6.07, 6.45) is -4.58. The van der Waals surface area contributed by atoms with Gasteiger partial charge in [-0.15, -0.1) is 0 Å². The second-order valence-corrected chi connectivity index (χ2v) is 14.6. The Hall–Kier alpha value is -8.38. The number of para-hydroxylation sites is 2. The first-order valence-electron chi connectivity index (χ1n) is 19.1. The SMILES string of the molecule is N#Cc1ccc(-c2ccc3c(c2)c2ccccc2n3-c2cc(C#N)c(-c3cccc(C(F)(F)F)c3)cc2-n2c3ccccc3c3cc(-c4ccc(C#N)cc4)ccc32)cc1. The molecule has 0 aliphatic carbocycles. The molecule has 0 spiro atoms. The highest BCUT2D eigenvalue weighted by Gasteiger charge is 2.31. The zero-order chi connectivity index (χ0) is 41.1. The number of rotatable bonds is 5. The van der Waals surface area contributed by atoms with Gasteiger partial charge in [-0.25, -0.2) is 0 Å².